The van der Waals surface area contributed by atoms with Gasteiger partial charge in [-0.05, 0) is 89.8 Å². The summed E-state index contributed by atoms with van der Waals surface area (Å²) in [6, 6.07) is 18.8. The Morgan fingerprint density at radius 2 is 0.597 bits per heavy atom. The summed E-state index contributed by atoms with van der Waals surface area (Å²) in [5.74, 6) is 0. The smallest absolute Gasteiger partial charge is 0.870 e. The number of benzene rings is 4. The van der Waals surface area contributed by atoms with Crippen LogP contribution in [0.4, 0.5) is 75.4 Å². The molecule has 4 aromatic rings. The van der Waals surface area contributed by atoms with Gasteiger partial charge in [0.1, 0.15) is 11.4 Å². The van der Waals surface area contributed by atoms with Gasteiger partial charge in [-0.25, -0.2) is 9.98 Å². The second kappa shape index (κ2) is 23.7. The molecule has 0 heterocycles. The zero-order chi connectivity index (χ0) is 44.0. The predicted molar refractivity (Wildman–Crippen MR) is 208 cm³/mol. The Bertz CT molecular complexity index is 2010. The maximum absolute atomic E-state index is 13.5. The Morgan fingerprint density at radius 1 is 0.387 bits per heavy atom. The van der Waals surface area contributed by atoms with E-state index >= 15 is 0 Å². The van der Waals surface area contributed by atoms with E-state index in [1.807, 2.05) is 0 Å². The van der Waals surface area contributed by atoms with E-state index < -0.39 is 47.5 Å². The third-order valence-corrected chi connectivity index (χ3v) is 8.40. The van der Waals surface area contributed by atoms with Crippen LogP contribution in [-0.2, 0) is 34.1 Å². The third kappa shape index (κ3) is 16.6. The van der Waals surface area contributed by atoms with Crippen LogP contribution in [0.5, 0.6) is 0 Å². The zero-order valence-electron chi connectivity index (χ0n) is 33.9. The summed E-state index contributed by atoms with van der Waals surface area (Å²) in [7, 11) is 0. The monoisotopic (exact) mass is 986 g/mol. The van der Waals surface area contributed by atoms with Crippen molar-refractivity contribution in [2.45, 2.75) is 80.1 Å². The Morgan fingerprint density at radius 3 is 0.790 bits per heavy atom. The van der Waals surface area contributed by atoms with E-state index in [-0.39, 0.29) is 80.0 Å². The average Bonchev–Trinajstić information content (AvgIpc) is 3.07. The largest absolute Gasteiger partial charge is 2.00 e. The number of para-hydroxylation sites is 4. The van der Waals surface area contributed by atoms with Crippen molar-refractivity contribution in [3.8, 4) is 0 Å². The third-order valence-electron chi connectivity index (χ3n) is 8.40. The number of hydrogen-bond acceptors (Lipinski definition) is 4. The van der Waals surface area contributed by atoms with Gasteiger partial charge in [-0.15, -0.1) is 11.4 Å². The van der Waals surface area contributed by atoms with Crippen LogP contribution in [0, 0.1) is 55.4 Å². The molecule has 62 heavy (non-hydrogen) atoms. The normalized spacial score (nSPS) is 12.7. The minimum absolute atomic E-state index is 0. The maximum Gasteiger partial charge on any atom is 2.00 e. The summed E-state index contributed by atoms with van der Waals surface area (Å²) in [5.41, 5.74) is -3.43. The van der Waals surface area contributed by atoms with Gasteiger partial charge in [-0.1, -0.05) is 106 Å². The molecule has 0 spiro atoms. The number of allylic oxidation sites excluding steroid dienone is 4. The fourth-order valence-corrected chi connectivity index (χ4v) is 5.38. The molecule has 4 rings (SSSR count). The molecule has 4 aromatic carbocycles. The molecule has 6 nitrogen and oxygen atoms in total. The molecule has 0 saturated heterocycles. The molecule has 0 saturated carbocycles. The number of nitrogens with zero attached hydrogens (tertiary/aromatic N) is 4. The number of aliphatic imine (C=N–C) groups is 2. The van der Waals surface area contributed by atoms with Gasteiger partial charge in [0.2, 0.25) is 0 Å². The van der Waals surface area contributed by atoms with E-state index in [9.17, 15) is 52.7 Å². The van der Waals surface area contributed by atoms with Crippen molar-refractivity contribution in [3.63, 3.8) is 0 Å². The fraction of sp³-hybridized carbons (Fsp3) is 0.286. The molecule has 0 amide bonds. The maximum atomic E-state index is 13.5. The van der Waals surface area contributed by atoms with E-state index in [4.69, 9.17) is 0 Å². The molecule has 0 aliphatic heterocycles. The molecule has 0 aliphatic rings. The average molecular weight is 988 g/mol. The number of halogens is 12. The zero-order valence-corrected chi connectivity index (χ0v) is 35.8. The van der Waals surface area contributed by atoms with Crippen LogP contribution in [-0.4, -0.2) is 47.1 Å². The van der Waals surface area contributed by atoms with Crippen molar-refractivity contribution in [2.24, 2.45) is 9.98 Å². The van der Waals surface area contributed by atoms with Crippen molar-refractivity contribution in [3.05, 3.63) is 151 Å². The Hall–Kier alpha value is -4.58. The second-order valence-corrected chi connectivity index (χ2v) is 13.2. The first-order valence-corrected chi connectivity index (χ1v) is 17.2. The van der Waals surface area contributed by atoms with Crippen molar-refractivity contribution < 1.29 is 97.8 Å². The molecular weight excluding hydrogens is 948 g/mol. The Labute approximate surface area is 372 Å². The molecule has 0 fully saturated rings. The Kier molecular flexibility index (Phi) is 22.8. The summed E-state index contributed by atoms with van der Waals surface area (Å²) < 4.78 is 162. The number of alkyl halides is 12. The van der Waals surface area contributed by atoms with Gasteiger partial charge in [0.15, 0.2) is 0 Å². The van der Waals surface area contributed by atoms with Crippen LogP contribution in [0.15, 0.2) is 106 Å². The van der Waals surface area contributed by atoms with Crippen LogP contribution in [0.2, 0.25) is 0 Å². The van der Waals surface area contributed by atoms with Crippen molar-refractivity contribution in [1.82, 2.24) is 0 Å². The predicted octanol–water partition coefficient (Wildman–Crippen LogP) is 15.1. The molecule has 0 aliphatic carbocycles. The van der Waals surface area contributed by atoms with Gasteiger partial charge < -0.3 is 21.6 Å². The first-order chi connectivity index (χ1) is 26.6. The minimum atomic E-state index is -5.10. The van der Waals surface area contributed by atoms with Gasteiger partial charge in [0.05, 0.1) is 11.4 Å². The molecule has 2 N–H and O–H groups in total. The van der Waals surface area contributed by atoms with Gasteiger partial charge >= 0.3 is 58.8 Å². The first-order valence-electron chi connectivity index (χ1n) is 17.2. The van der Waals surface area contributed by atoms with E-state index in [0.717, 1.165) is 0 Å². The minimum Gasteiger partial charge on any atom is -0.870 e. The van der Waals surface area contributed by atoms with Gasteiger partial charge in [0, 0.05) is 0 Å². The molecule has 0 aromatic heterocycles. The summed E-state index contributed by atoms with van der Waals surface area (Å²) in [4.78, 5) is 7.05. The van der Waals surface area contributed by atoms with E-state index in [2.05, 4.69) is 20.6 Å². The fourth-order valence-electron chi connectivity index (χ4n) is 5.38. The first kappa shape index (κ1) is 59.5. The molecule has 2 radical (unpaired) electrons. The van der Waals surface area contributed by atoms with Crippen molar-refractivity contribution in [1.29, 1.82) is 0 Å². The van der Waals surface area contributed by atoms with Gasteiger partial charge in [0.25, 0.3) is 0 Å². The summed E-state index contributed by atoms with van der Waals surface area (Å²) in [6.45, 7) is 12.3. The number of aryl methyl sites for hydroxylation is 8. The van der Waals surface area contributed by atoms with Crippen molar-refractivity contribution in [2.75, 3.05) is 0 Å². The molecule has 0 unspecified atom stereocenters. The van der Waals surface area contributed by atoms with E-state index in [1.54, 1.807) is 24.3 Å². The SMILES string of the molecule is Cc1cccc(C)c1N=C(/C=C(\[N-]c1c(C)cccc1C)C(F)(F)F)C(F)(F)F.Cc1cccc(C)c1N=C(/C=C(\[N-]c1c(C)cccc1C)C(F)(F)F)C(F)(F)F.[Cu+2].[Cu+2].[OH-].[OH-]. The molecule has 0 bridgehead atoms. The van der Waals surface area contributed by atoms with Crippen molar-refractivity contribution >= 4 is 34.2 Å². The summed E-state index contributed by atoms with van der Waals surface area (Å²) >= 11 is 0. The van der Waals surface area contributed by atoms with Crippen LogP contribution in [0.25, 0.3) is 10.6 Å². The molecule has 20 heteroatoms. The van der Waals surface area contributed by atoms with Gasteiger partial charge in [-0.2, -0.15) is 52.7 Å². The van der Waals surface area contributed by atoms with Gasteiger partial charge in [-0.3, -0.25) is 0 Å². The molecule has 0 atom stereocenters. The van der Waals surface area contributed by atoms with E-state index in [1.165, 1.54) is 104 Å². The standard InChI is InChI=1S/2C21H19F6N2.2Cu.2H2O/c2*1-12-7-5-8-13(2)18(12)28-16(20(22,23)24)11-17(21(25,26)27)29-19-14(3)9-6-10-15(19)4;;;;/h2*5-11H,1-4H3;;;2*1H2/q2*-1;2*+2;;/p-2/b2*16-11-,29-17?;;;;. The molecular formula is C42H40Cu2F12N4O2. The topological polar surface area (TPSA) is 113 Å². The Balaban J connectivity index is 0. The van der Waals surface area contributed by atoms with Crippen LogP contribution in [0.1, 0.15) is 44.5 Å². The van der Waals surface area contributed by atoms with Crippen LogP contribution in [0.3, 0.4) is 0 Å². The van der Waals surface area contributed by atoms with Crippen LogP contribution >= 0.6 is 0 Å². The van der Waals surface area contributed by atoms with Crippen LogP contribution < -0.4 is 0 Å². The number of rotatable bonds is 8. The van der Waals surface area contributed by atoms with E-state index in [0.29, 0.717) is 44.5 Å². The quantitative estimate of drug-likeness (QED) is 0.0994. The summed E-state index contributed by atoms with van der Waals surface area (Å²) in [6.07, 6.45) is -20.5. The summed E-state index contributed by atoms with van der Waals surface area (Å²) in [5, 5.41) is 7.05. The second-order valence-electron chi connectivity index (χ2n) is 13.2. The molecule has 346 valence electrons. The number of hydrogen-bond donors (Lipinski definition) is 0.